The predicted octanol–water partition coefficient (Wildman–Crippen LogP) is 2.73. The van der Waals surface area contributed by atoms with Crippen molar-refractivity contribution in [1.29, 1.82) is 0 Å². The molecule has 1 aromatic carbocycles. The maximum Gasteiger partial charge on any atom is 0.0662 e. The van der Waals surface area contributed by atoms with E-state index in [1.54, 1.807) is 11.1 Å². The Morgan fingerprint density at radius 1 is 1.19 bits per heavy atom. The molecular weight excluding hydrogens is 196 g/mol. The molecule has 82 valence electrons. The van der Waals surface area contributed by atoms with E-state index in [1.165, 1.54) is 30.5 Å². The smallest absolute Gasteiger partial charge is 0.0662 e. The van der Waals surface area contributed by atoms with Crippen molar-refractivity contribution < 1.29 is 0 Å². The molecule has 1 aromatic heterocycles. The van der Waals surface area contributed by atoms with E-state index in [0.29, 0.717) is 0 Å². The van der Waals surface area contributed by atoms with Gasteiger partial charge in [0.15, 0.2) is 0 Å². The van der Waals surface area contributed by atoms with E-state index in [0.717, 1.165) is 6.54 Å². The molecule has 2 nitrogen and oxygen atoms in total. The van der Waals surface area contributed by atoms with Crippen LogP contribution in [0.2, 0.25) is 0 Å². The molecule has 0 radical (unpaired) electrons. The van der Waals surface area contributed by atoms with Crippen LogP contribution >= 0.6 is 0 Å². The fourth-order valence-electron chi connectivity index (χ4n) is 2.46. The van der Waals surface area contributed by atoms with Crippen molar-refractivity contribution in [3.05, 3.63) is 52.8 Å². The van der Waals surface area contributed by atoms with Crippen LogP contribution in [0.1, 0.15) is 28.8 Å². The van der Waals surface area contributed by atoms with Crippen LogP contribution in [0, 0.1) is 6.92 Å². The third kappa shape index (κ3) is 1.64. The highest BCUT2D eigenvalue weighted by molar-refractivity contribution is 5.35. The number of hydrogen-bond acceptors (Lipinski definition) is 1. The topological polar surface area (TPSA) is 17.8 Å². The lowest BCUT2D eigenvalue weighted by Crippen LogP contribution is -2.03. The van der Waals surface area contributed by atoms with Gasteiger partial charge in [0, 0.05) is 11.9 Å². The van der Waals surface area contributed by atoms with Crippen LogP contribution in [0.15, 0.2) is 30.5 Å². The molecule has 0 atom stereocenters. The second kappa shape index (κ2) is 3.78. The standard InChI is InChI=1S/C14H16N2/c1-11-7-8-15-16(11)10-12-5-6-13-3-2-4-14(13)9-12/h5-9H,2-4,10H2,1H3. The summed E-state index contributed by atoms with van der Waals surface area (Å²) in [5, 5.41) is 4.32. The average molecular weight is 212 g/mol. The van der Waals surface area contributed by atoms with Crippen molar-refractivity contribution in [1.82, 2.24) is 9.78 Å². The van der Waals surface area contributed by atoms with Gasteiger partial charge >= 0.3 is 0 Å². The monoisotopic (exact) mass is 212 g/mol. The zero-order valence-corrected chi connectivity index (χ0v) is 9.61. The van der Waals surface area contributed by atoms with Crippen LogP contribution in [-0.4, -0.2) is 9.78 Å². The molecule has 0 N–H and O–H groups in total. The number of benzene rings is 1. The molecule has 0 amide bonds. The molecule has 1 heterocycles. The van der Waals surface area contributed by atoms with Gasteiger partial charge in [-0.2, -0.15) is 5.10 Å². The zero-order valence-electron chi connectivity index (χ0n) is 9.61. The van der Waals surface area contributed by atoms with Crippen molar-refractivity contribution in [2.75, 3.05) is 0 Å². The lowest BCUT2D eigenvalue weighted by Gasteiger charge is -2.07. The van der Waals surface area contributed by atoms with E-state index < -0.39 is 0 Å². The van der Waals surface area contributed by atoms with Crippen molar-refractivity contribution in [2.24, 2.45) is 0 Å². The van der Waals surface area contributed by atoms with E-state index in [2.05, 4.69) is 34.9 Å². The Bertz CT molecular complexity index is 511. The van der Waals surface area contributed by atoms with Crippen molar-refractivity contribution in [2.45, 2.75) is 32.7 Å². The first kappa shape index (κ1) is 9.64. The first-order valence-electron chi connectivity index (χ1n) is 5.92. The van der Waals surface area contributed by atoms with Crippen molar-refractivity contribution in [3.8, 4) is 0 Å². The minimum absolute atomic E-state index is 0.895. The van der Waals surface area contributed by atoms with E-state index in [1.807, 2.05) is 12.3 Å². The van der Waals surface area contributed by atoms with Gasteiger partial charge < -0.3 is 0 Å². The predicted molar refractivity (Wildman–Crippen MR) is 64.5 cm³/mol. The van der Waals surface area contributed by atoms with Gasteiger partial charge in [-0.3, -0.25) is 4.68 Å². The lowest BCUT2D eigenvalue weighted by molar-refractivity contribution is 0.664. The molecule has 16 heavy (non-hydrogen) atoms. The summed E-state index contributed by atoms with van der Waals surface area (Å²) in [6.07, 6.45) is 5.69. The molecule has 1 aliphatic rings. The molecule has 0 saturated carbocycles. The molecule has 3 rings (SSSR count). The number of fused-ring (bicyclic) bond motifs is 1. The Morgan fingerprint density at radius 2 is 2.06 bits per heavy atom. The number of nitrogens with zero attached hydrogens (tertiary/aromatic N) is 2. The summed E-state index contributed by atoms with van der Waals surface area (Å²) in [7, 11) is 0. The van der Waals surface area contributed by atoms with Crippen molar-refractivity contribution >= 4 is 0 Å². The number of aromatic nitrogens is 2. The van der Waals surface area contributed by atoms with Crippen LogP contribution < -0.4 is 0 Å². The highest BCUT2D eigenvalue weighted by Gasteiger charge is 2.11. The summed E-state index contributed by atoms with van der Waals surface area (Å²) in [5.41, 5.74) is 5.68. The highest BCUT2D eigenvalue weighted by atomic mass is 15.3. The fourth-order valence-corrected chi connectivity index (χ4v) is 2.46. The molecule has 0 spiro atoms. The maximum atomic E-state index is 4.32. The summed E-state index contributed by atoms with van der Waals surface area (Å²) in [6, 6.07) is 8.93. The van der Waals surface area contributed by atoms with Crippen molar-refractivity contribution in [3.63, 3.8) is 0 Å². The minimum Gasteiger partial charge on any atom is -0.265 e. The van der Waals surface area contributed by atoms with Gasteiger partial charge in [-0.15, -0.1) is 0 Å². The summed E-state index contributed by atoms with van der Waals surface area (Å²) in [4.78, 5) is 0. The second-order valence-corrected chi connectivity index (χ2v) is 4.59. The third-order valence-electron chi connectivity index (χ3n) is 3.42. The first-order chi connectivity index (χ1) is 7.83. The lowest BCUT2D eigenvalue weighted by atomic mass is 10.1. The van der Waals surface area contributed by atoms with E-state index >= 15 is 0 Å². The molecule has 1 aliphatic carbocycles. The van der Waals surface area contributed by atoms with Crippen LogP contribution in [0.5, 0.6) is 0 Å². The quantitative estimate of drug-likeness (QED) is 0.748. The molecule has 0 aliphatic heterocycles. The SMILES string of the molecule is Cc1ccnn1Cc1ccc2c(c1)CCC2. The fraction of sp³-hybridized carbons (Fsp3) is 0.357. The van der Waals surface area contributed by atoms with Crippen LogP contribution in [0.4, 0.5) is 0 Å². The van der Waals surface area contributed by atoms with Crippen LogP contribution in [-0.2, 0) is 19.4 Å². The Balaban J connectivity index is 1.88. The van der Waals surface area contributed by atoms with Gasteiger partial charge in [0.05, 0.1) is 6.54 Å². The molecular formula is C14H16N2. The zero-order chi connectivity index (χ0) is 11.0. The summed E-state index contributed by atoms with van der Waals surface area (Å²) in [5.74, 6) is 0. The largest absolute Gasteiger partial charge is 0.265 e. The summed E-state index contributed by atoms with van der Waals surface area (Å²) < 4.78 is 2.05. The Kier molecular flexibility index (Phi) is 2.28. The minimum atomic E-state index is 0.895. The van der Waals surface area contributed by atoms with Gasteiger partial charge in [-0.1, -0.05) is 18.2 Å². The van der Waals surface area contributed by atoms with Gasteiger partial charge in [0.2, 0.25) is 0 Å². The molecule has 0 bridgehead atoms. The molecule has 0 fully saturated rings. The summed E-state index contributed by atoms with van der Waals surface area (Å²) in [6.45, 7) is 2.99. The van der Waals surface area contributed by atoms with Crippen LogP contribution in [0.3, 0.4) is 0 Å². The number of hydrogen-bond donors (Lipinski definition) is 0. The molecule has 2 heteroatoms. The number of aryl methyl sites for hydroxylation is 3. The van der Waals surface area contributed by atoms with Gasteiger partial charge in [-0.25, -0.2) is 0 Å². The van der Waals surface area contributed by atoms with E-state index in [9.17, 15) is 0 Å². The number of rotatable bonds is 2. The van der Waals surface area contributed by atoms with Gasteiger partial charge in [0.1, 0.15) is 0 Å². The Labute approximate surface area is 95.9 Å². The third-order valence-corrected chi connectivity index (χ3v) is 3.42. The van der Waals surface area contributed by atoms with Crippen LogP contribution in [0.25, 0.3) is 0 Å². The molecule has 0 saturated heterocycles. The normalized spacial score (nSPS) is 14.1. The molecule has 2 aromatic rings. The highest BCUT2D eigenvalue weighted by Crippen LogP contribution is 2.23. The maximum absolute atomic E-state index is 4.32. The van der Waals surface area contributed by atoms with Gasteiger partial charge in [0.25, 0.3) is 0 Å². The first-order valence-corrected chi connectivity index (χ1v) is 5.92. The van der Waals surface area contributed by atoms with E-state index in [4.69, 9.17) is 0 Å². The average Bonchev–Trinajstić information content (AvgIpc) is 2.88. The van der Waals surface area contributed by atoms with Gasteiger partial charge in [-0.05, 0) is 48.9 Å². The Hall–Kier alpha value is -1.57. The Morgan fingerprint density at radius 3 is 2.88 bits per heavy atom. The van der Waals surface area contributed by atoms with E-state index in [-0.39, 0.29) is 0 Å². The second-order valence-electron chi connectivity index (χ2n) is 4.59. The molecule has 0 unspecified atom stereocenters. The summed E-state index contributed by atoms with van der Waals surface area (Å²) >= 11 is 0.